The average Bonchev–Trinajstić information content (AvgIpc) is 2.60. The van der Waals surface area contributed by atoms with E-state index >= 15 is 0 Å². The Morgan fingerprint density at radius 2 is 2.12 bits per heavy atom. The van der Waals surface area contributed by atoms with Crippen LogP contribution in [0.1, 0.15) is 32.6 Å². The van der Waals surface area contributed by atoms with Crippen LogP contribution < -0.4 is 15.4 Å². The molecular formula is C18H24N2O3S. The second-order valence-corrected chi connectivity index (χ2v) is 7.78. The predicted octanol–water partition coefficient (Wildman–Crippen LogP) is 2.90. The van der Waals surface area contributed by atoms with Gasteiger partial charge in [-0.05, 0) is 43.5 Å². The molecule has 0 saturated heterocycles. The molecule has 0 spiro atoms. The summed E-state index contributed by atoms with van der Waals surface area (Å²) in [6.45, 7) is 2.16. The maximum atomic E-state index is 12.1. The van der Waals surface area contributed by atoms with Crippen molar-refractivity contribution in [3.63, 3.8) is 0 Å². The number of carbonyl (C=O) groups excluding carboxylic acids is 1. The summed E-state index contributed by atoms with van der Waals surface area (Å²) in [4.78, 5) is 12.1. The smallest absolute Gasteiger partial charge is 0.319 e. The van der Waals surface area contributed by atoms with Crippen molar-refractivity contribution in [1.29, 1.82) is 0 Å². The fourth-order valence-corrected chi connectivity index (χ4v) is 4.21. The number of urea groups is 1. The highest BCUT2D eigenvalue weighted by Gasteiger charge is 2.26. The lowest BCUT2D eigenvalue weighted by Crippen LogP contribution is -2.42. The van der Waals surface area contributed by atoms with Gasteiger partial charge in [0.05, 0.1) is 0 Å². The van der Waals surface area contributed by atoms with Crippen molar-refractivity contribution in [2.45, 2.75) is 43.9 Å². The second kappa shape index (κ2) is 9.33. The molecule has 130 valence electrons. The quantitative estimate of drug-likeness (QED) is 0.777. The maximum absolute atomic E-state index is 12.1. The van der Waals surface area contributed by atoms with Crippen LogP contribution in [-0.2, 0) is 10.8 Å². The molecule has 3 atom stereocenters. The zero-order valence-corrected chi connectivity index (χ0v) is 14.7. The van der Waals surface area contributed by atoms with E-state index in [1.54, 1.807) is 24.3 Å². The lowest BCUT2D eigenvalue weighted by molar-refractivity contribution is 0.244. The molecule has 2 amide bonds. The Labute approximate surface area is 146 Å². The Morgan fingerprint density at radius 1 is 1.38 bits per heavy atom. The number of terminal acetylenes is 1. The van der Waals surface area contributed by atoms with E-state index in [9.17, 15) is 9.00 Å². The van der Waals surface area contributed by atoms with E-state index in [1.807, 2.05) is 6.92 Å². The van der Waals surface area contributed by atoms with Crippen LogP contribution in [0.15, 0.2) is 24.3 Å². The molecule has 2 rings (SSSR count). The molecule has 0 bridgehead atoms. The van der Waals surface area contributed by atoms with E-state index in [-0.39, 0.29) is 23.9 Å². The molecule has 24 heavy (non-hydrogen) atoms. The monoisotopic (exact) mass is 348 g/mol. The molecule has 0 unspecified atom stereocenters. The molecule has 0 aliphatic heterocycles. The first-order valence-electron chi connectivity index (χ1n) is 8.23. The molecule has 1 aromatic rings. The molecule has 0 heterocycles. The normalized spacial score (nSPS) is 21.3. The highest BCUT2D eigenvalue weighted by molar-refractivity contribution is 7.85. The van der Waals surface area contributed by atoms with Gasteiger partial charge in [-0.2, -0.15) is 0 Å². The third-order valence-corrected chi connectivity index (χ3v) is 5.79. The molecule has 1 aliphatic carbocycles. The topological polar surface area (TPSA) is 67.4 Å². The van der Waals surface area contributed by atoms with Crippen molar-refractivity contribution >= 4 is 22.5 Å². The Bertz CT molecular complexity index is 610. The highest BCUT2D eigenvalue weighted by atomic mass is 32.2. The fourth-order valence-electron chi connectivity index (χ4n) is 2.86. The average molecular weight is 348 g/mol. The van der Waals surface area contributed by atoms with E-state index in [0.717, 1.165) is 25.7 Å². The number of nitrogens with one attached hydrogen (secondary N) is 2. The fraction of sp³-hybridized carbons (Fsp3) is 0.500. The molecule has 0 radical (unpaired) electrons. The first kappa shape index (κ1) is 18.3. The van der Waals surface area contributed by atoms with Crippen molar-refractivity contribution in [3.8, 4) is 18.1 Å². The molecule has 5 nitrogen and oxygen atoms in total. The molecular weight excluding hydrogens is 324 g/mol. The van der Waals surface area contributed by atoms with E-state index in [4.69, 9.17) is 11.2 Å². The number of rotatable bonds is 6. The molecule has 1 aromatic carbocycles. The summed E-state index contributed by atoms with van der Waals surface area (Å²) in [7, 11) is -0.792. The van der Waals surface area contributed by atoms with Crippen molar-refractivity contribution < 1.29 is 13.7 Å². The SMILES string of the molecule is C#CCOc1ccc(NC(=O)N[C@H]2CCC[C@H]([S@@](=O)CC)C2)cc1. The third-order valence-electron chi connectivity index (χ3n) is 4.05. The number of anilines is 1. The first-order valence-corrected chi connectivity index (χ1v) is 9.61. The van der Waals surface area contributed by atoms with Crippen molar-refractivity contribution in [2.75, 3.05) is 17.7 Å². The van der Waals surface area contributed by atoms with Gasteiger partial charge in [-0.25, -0.2) is 4.79 Å². The van der Waals surface area contributed by atoms with Crippen LogP contribution in [0.3, 0.4) is 0 Å². The van der Waals surface area contributed by atoms with Crippen LogP contribution >= 0.6 is 0 Å². The van der Waals surface area contributed by atoms with E-state index in [2.05, 4.69) is 16.6 Å². The second-order valence-electron chi connectivity index (χ2n) is 5.77. The van der Waals surface area contributed by atoms with Gasteiger partial charge in [-0.3, -0.25) is 4.21 Å². The Balaban J connectivity index is 1.82. The lowest BCUT2D eigenvalue weighted by Gasteiger charge is -2.29. The minimum absolute atomic E-state index is 0.0810. The maximum Gasteiger partial charge on any atom is 0.319 e. The van der Waals surface area contributed by atoms with Crippen LogP contribution in [0, 0.1) is 12.3 Å². The van der Waals surface area contributed by atoms with Crippen LogP contribution in [0.25, 0.3) is 0 Å². The van der Waals surface area contributed by atoms with Gasteiger partial charge >= 0.3 is 6.03 Å². The number of hydrogen-bond acceptors (Lipinski definition) is 3. The van der Waals surface area contributed by atoms with Gasteiger partial charge in [0.25, 0.3) is 0 Å². The third kappa shape index (κ3) is 5.57. The van der Waals surface area contributed by atoms with E-state index in [0.29, 0.717) is 17.2 Å². The van der Waals surface area contributed by atoms with Crippen molar-refractivity contribution in [2.24, 2.45) is 0 Å². The zero-order valence-electron chi connectivity index (χ0n) is 13.9. The number of hydrogen-bond donors (Lipinski definition) is 2. The van der Waals surface area contributed by atoms with Crippen molar-refractivity contribution in [3.05, 3.63) is 24.3 Å². The molecule has 6 heteroatoms. The number of ether oxygens (including phenoxy) is 1. The Morgan fingerprint density at radius 3 is 2.79 bits per heavy atom. The summed E-state index contributed by atoms with van der Waals surface area (Å²) in [6.07, 6.45) is 8.85. The summed E-state index contributed by atoms with van der Waals surface area (Å²) in [5, 5.41) is 5.99. The standard InChI is InChI=1S/C18H24N2O3S/c1-3-12-23-16-10-8-14(9-11-16)19-18(21)20-15-6-5-7-17(13-15)24(22)4-2/h1,8-11,15,17H,4-7,12-13H2,2H3,(H2,19,20,21)/t15-,17-,24-/m0/s1. The summed E-state index contributed by atoms with van der Waals surface area (Å²) < 4.78 is 17.2. The van der Waals surface area contributed by atoms with Gasteiger partial charge in [0, 0.05) is 33.5 Å². The Hall–Kier alpha value is -2.00. The van der Waals surface area contributed by atoms with Gasteiger partial charge < -0.3 is 15.4 Å². The van der Waals surface area contributed by atoms with Gasteiger partial charge in [0.2, 0.25) is 0 Å². The van der Waals surface area contributed by atoms with Crippen LogP contribution in [0.5, 0.6) is 5.75 Å². The highest BCUT2D eigenvalue weighted by Crippen LogP contribution is 2.23. The zero-order chi connectivity index (χ0) is 17.4. The molecule has 1 fully saturated rings. The molecule has 1 aliphatic rings. The largest absolute Gasteiger partial charge is 0.481 e. The van der Waals surface area contributed by atoms with E-state index in [1.165, 1.54) is 0 Å². The number of benzene rings is 1. The molecule has 0 aromatic heterocycles. The van der Waals surface area contributed by atoms with Crippen molar-refractivity contribution in [1.82, 2.24) is 5.32 Å². The number of carbonyl (C=O) groups is 1. The van der Waals surface area contributed by atoms with Gasteiger partial charge in [0.15, 0.2) is 0 Å². The lowest BCUT2D eigenvalue weighted by atomic mass is 9.95. The summed E-state index contributed by atoms with van der Waals surface area (Å²) in [6, 6.07) is 6.89. The number of amides is 2. The molecule has 2 N–H and O–H groups in total. The van der Waals surface area contributed by atoms with Crippen LogP contribution in [0.4, 0.5) is 10.5 Å². The van der Waals surface area contributed by atoms with Crippen LogP contribution in [-0.4, -0.2) is 33.9 Å². The summed E-state index contributed by atoms with van der Waals surface area (Å²) in [5.41, 5.74) is 0.685. The van der Waals surface area contributed by atoms with Gasteiger partial charge in [-0.1, -0.05) is 19.3 Å². The first-order chi connectivity index (χ1) is 11.6. The minimum Gasteiger partial charge on any atom is -0.481 e. The molecule has 1 saturated carbocycles. The summed E-state index contributed by atoms with van der Waals surface area (Å²) >= 11 is 0. The van der Waals surface area contributed by atoms with Crippen LogP contribution in [0.2, 0.25) is 0 Å². The van der Waals surface area contributed by atoms with Gasteiger partial charge in [-0.15, -0.1) is 6.42 Å². The van der Waals surface area contributed by atoms with Gasteiger partial charge in [0.1, 0.15) is 12.4 Å². The van der Waals surface area contributed by atoms with E-state index < -0.39 is 10.8 Å². The Kier molecular flexibility index (Phi) is 7.13. The summed E-state index contributed by atoms with van der Waals surface area (Å²) in [5.74, 6) is 3.74. The minimum atomic E-state index is -0.792. The predicted molar refractivity (Wildman–Crippen MR) is 97.7 cm³/mol.